The van der Waals surface area contributed by atoms with Gasteiger partial charge in [0.15, 0.2) is 17.6 Å². The van der Waals surface area contributed by atoms with Crippen LogP contribution in [0.1, 0.15) is 46.0 Å². The average Bonchev–Trinajstić information content (AvgIpc) is 3.45. The van der Waals surface area contributed by atoms with E-state index in [-0.39, 0.29) is 12.5 Å². The van der Waals surface area contributed by atoms with Gasteiger partial charge in [0.05, 0.1) is 12.9 Å². The number of likely N-dealkylation sites (tertiary alicyclic amines) is 2. The van der Waals surface area contributed by atoms with Crippen molar-refractivity contribution >= 4 is 23.8 Å². The number of nitrogens with one attached hydrogen (secondary N) is 1. The van der Waals surface area contributed by atoms with Crippen LogP contribution in [0.15, 0.2) is 33.5 Å². The quantitative estimate of drug-likeness (QED) is 0.222. The van der Waals surface area contributed by atoms with Crippen molar-refractivity contribution in [2.75, 3.05) is 45.8 Å². The normalized spacial score (nSPS) is 23.1. The van der Waals surface area contributed by atoms with Gasteiger partial charge >= 0.3 is 6.18 Å². The van der Waals surface area contributed by atoms with Gasteiger partial charge in [0.2, 0.25) is 5.91 Å². The van der Waals surface area contributed by atoms with Gasteiger partial charge in [-0.1, -0.05) is 6.92 Å². The highest BCUT2D eigenvalue weighted by atomic mass is 19.4. The first-order chi connectivity index (χ1) is 16.7. The molecule has 0 aliphatic carbocycles. The number of nitrogens with two attached hydrogens (primary N) is 1. The van der Waals surface area contributed by atoms with Crippen LogP contribution < -0.4 is 11.1 Å². The molecule has 11 heteroatoms. The summed E-state index contributed by atoms with van der Waals surface area (Å²) in [5.41, 5.74) is 5.95. The Labute approximate surface area is 205 Å². The molecule has 1 amide bonds. The first-order valence-corrected chi connectivity index (χ1v) is 12.4. The molecule has 0 aromatic carbocycles. The minimum Gasteiger partial charge on any atom is -0.390 e. The Morgan fingerprint density at radius 3 is 2.80 bits per heavy atom. The first-order valence-electron chi connectivity index (χ1n) is 12.4. The van der Waals surface area contributed by atoms with Crippen molar-refractivity contribution in [2.24, 2.45) is 15.7 Å². The molecule has 3 N–H and O–H groups in total. The Morgan fingerprint density at radius 2 is 2.17 bits per heavy atom. The van der Waals surface area contributed by atoms with Crippen molar-refractivity contribution < 1.29 is 22.5 Å². The smallest absolute Gasteiger partial charge is 0.390 e. The van der Waals surface area contributed by atoms with E-state index in [0.717, 1.165) is 63.7 Å². The Kier molecular flexibility index (Phi) is 9.47. The number of nitrogens with zero attached hydrogens (tertiary/aromatic N) is 5. The molecule has 35 heavy (non-hydrogen) atoms. The lowest BCUT2D eigenvalue weighted by Gasteiger charge is -2.20. The van der Waals surface area contributed by atoms with Crippen LogP contribution in [-0.4, -0.2) is 96.2 Å². The van der Waals surface area contributed by atoms with Crippen LogP contribution in [0.4, 0.5) is 13.2 Å². The maximum atomic E-state index is 14.0. The number of halogens is 3. The number of hydrogen-bond donors (Lipinski definition) is 2. The lowest BCUT2D eigenvalue weighted by Crippen LogP contribution is -2.38. The fourth-order valence-corrected chi connectivity index (χ4v) is 4.87. The predicted octanol–water partition coefficient (Wildman–Crippen LogP) is 2.28. The molecular formula is C24H37F3N7O+. The molecule has 3 heterocycles. The molecule has 0 bridgehead atoms. The van der Waals surface area contributed by atoms with E-state index in [4.69, 9.17) is 5.73 Å². The lowest BCUT2D eigenvalue weighted by atomic mass is 10.1. The molecular weight excluding hydrogens is 459 g/mol. The molecule has 3 aliphatic rings. The summed E-state index contributed by atoms with van der Waals surface area (Å²) in [4.78, 5) is 23.6. The van der Waals surface area contributed by atoms with E-state index < -0.39 is 17.6 Å². The number of alkyl halides is 3. The number of carbonyl (C=O) groups excluding carboxylic acids is 1. The van der Waals surface area contributed by atoms with Crippen molar-refractivity contribution in [2.45, 2.75) is 58.2 Å². The van der Waals surface area contributed by atoms with E-state index in [0.29, 0.717) is 37.7 Å². The Morgan fingerprint density at radius 1 is 1.37 bits per heavy atom. The first kappa shape index (κ1) is 26.9. The molecule has 0 saturated carbocycles. The molecule has 0 aromatic heterocycles. The summed E-state index contributed by atoms with van der Waals surface area (Å²) in [6, 6.07) is 0.368. The van der Waals surface area contributed by atoms with Gasteiger partial charge in [0, 0.05) is 58.6 Å². The van der Waals surface area contributed by atoms with Crippen LogP contribution in [-0.2, 0) is 4.79 Å². The van der Waals surface area contributed by atoms with Crippen molar-refractivity contribution in [1.82, 2.24) is 15.1 Å². The summed E-state index contributed by atoms with van der Waals surface area (Å²) in [6.07, 6.45) is 2.62. The summed E-state index contributed by atoms with van der Waals surface area (Å²) < 4.78 is 44.2. The molecule has 0 spiro atoms. The van der Waals surface area contributed by atoms with Gasteiger partial charge in [-0.3, -0.25) is 14.7 Å². The van der Waals surface area contributed by atoms with Crippen LogP contribution in [0.25, 0.3) is 0 Å². The van der Waals surface area contributed by atoms with Gasteiger partial charge in [0.25, 0.3) is 0 Å². The zero-order valence-corrected chi connectivity index (χ0v) is 20.7. The molecule has 0 aromatic rings. The van der Waals surface area contributed by atoms with Crippen LogP contribution in [0.5, 0.6) is 0 Å². The summed E-state index contributed by atoms with van der Waals surface area (Å²) in [5, 5.41) is 2.87. The minimum atomic E-state index is -4.67. The second-order valence-corrected chi connectivity index (χ2v) is 9.04. The van der Waals surface area contributed by atoms with E-state index in [1.807, 2.05) is 13.0 Å². The van der Waals surface area contributed by atoms with Gasteiger partial charge in [-0.2, -0.15) is 13.2 Å². The van der Waals surface area contributed by atoms with Gasteiger partial charge in [-0.15, -0.1) is 0 Å². The summed E-state index contributed by atoms with van der Waals surface area (Å²) in [6.45, 7) is 9.22. The standard InChI is InChI=1S/C24H37F3N7O/c1-3-32-14-9-19(16-32)34-13-4-7-21(18(34)2)30-15-20(24(25,26)27)23(31-17-28)29-10-6-12-33-11-5-8-22(33)35/h7,15,17,19,30H,3-6,8-14,16H2,1-2H3,(H2,28,29,31)/q+1/b20-15+. The number of amidine groups is 1. The largest absolute Gasteiger partial charge is 0.421 e. The molecule has 3 aliphatic heterocycles. The number of hydrogen-bond acceptors (Lipinski definition) is 4. The molecule has 2 saturated heterocycles. The van der Waals surface area contributed by atoms with Crippen molar-refractivity contribution in [3.63, 3.8) is 0 Å². The van der Waals surface area contributed by atoms with Gasteiger partial charge in [-0.25, -0.2) is 9.57 Å². The molecule has 194 valence electrons. The lowest BCUT2D eigenvalue weighted by molar-refractivity contribution is -0.563. The van der Waals surface area contributed by atoms with Crippen LogP contribution >= 0.6 is 0 Å². The summed E-state index contributed by atoms with van der Waals surface area (Å²) in [5.74, 6) is -0.392. The molecule has 0 radical (unpaired) electrons. The average molecular weight is 497 g/mol. The third-order valence-electron chi connectivity index (χ3n) is 6.81. The fraction of sp³-hybridized carbons (Fsp3) is 0.667. The fourth-order valence-electron chi connectivity index (χ4n) is 4.87. The molecule has 3 rings (SSSR count). The van der Waals surface area contributed by atoms with E-state index in [9.17, 15) is 18.0 Å². The van der Waals surface area contributed by atoms with E-state index in [1.54, 1.807) is 4.90 Å². The summed E-state index contributed by atoms with van der Waals surface area (Å²) in [7, 11) is 0. The number of amides is 1. The van der Waals surface area contributed by atoms with Crippen LogP contribution in [0.3, 0.4) is 0 Å². The maximum absolute atomic E-state index is 14.0. The summed E-state index contributed by atoms with van der Waals surface area (Å²) >= 11 is 0. The SMILES string of the molecule is CCN1CCC([N+]2=C(C)C(N/C=C(\C(N=CN)=NCCCN3CCCC3=O)C(F)(F)F)=CCC2)C1. The Bertz CT molecular complexity index is 921. The Hall–Kier alpha value is -2.69. The molecule has 8 nitrogen and oxygen atoms in total. The van der Waals surface area contributed by atoms with Gasteiger partial charge in [0.1, 0.15) is 17.8 Å². The van der Waals surface area contributed by atoms with Crippen molar-refractivity contribution in [3.05, 3.63) is 23.5 Å². The van der Waals surface area contributed by atoms with Crippen molar-refractivity contribution in [1.29, 1.82) is 0 Å². The maximum Gasteiger partial charge on any atom is 0.421 e. The number of rotatable bonds is 9. The van der Waals surface area contributed by atoms with Crippen LogP contribution in [0.2, 0.25) is 0 Å². The minimum absolute atomic E-state index is 0.0793. The monoisotopic (exact) mass is 496 g/mol. The third-order valence-corrected chi connectivity index (χ3v) is 6.81. The van der Waals surface area contributed by atoms with Crippen LogP contribution in [0, 0.1) is 0 Å². The topological polar surface area (TPSA) is 89.3 Å². The second kappa shape index (κ2) is 12.3. The number of carbonyl (C=O) groups is 1. The highest BCUT2D eigenvalue weighted by molar-refractivity contribution is 6.03. The highest BCUT2D eigenvalue weighted by Gasteiger charge is 2.38. The van der Waals surface area contributed by atoms with E-state index in [1.165, 1.54) is 0 Å². The predicted molar refractivity (Wildman–Crippen MR) is 132 cm³/mol. The third kappa shape index (κ3) is 7.16. The Balaban J connectivity index is 1.73. The van der Waals surface area contributed by atoms with Gasteiger partial charge < -0.3 is 16.0 Å². The molecule has 2 fully saturated rings. The zero-order chi connectivity index (χ0) is 25.4. The second-order valence-electron chi connectivity index (χ2n) is 9.04. The number of allylic oxidation sites excluding steroid dienone is 1. The number of aliphatic imine (C=N–C) groups is 2. The van der Waals surface area contributed by atoms with E-state index >= 15 is 0 Å². The molecule has 1 atom stereocenters. The van der Waals surface area contributed by atoms with Crippen molar-refractivity contribution in [3.8, 4) is 0 Å². The zero-order valence-electron chi connectivity index (χ0n) is 20.7. The van der Waals surface area contributed by atoms with Gasteiger partial charge in [-0.05, 0) is 25.5 Å². The molecule has 1 unspecified atom stereocenters. The number of likely N-dealkylation sites (N-methyl/N-ethyl adjacent to an activating group) is 1. The highest BCUT2D eigenvalue weighted by Crippen LogP contribution is 2.27. The van der Waals surface area contributed by atoms with E-state index in [2.05, 4.69) is 31.7 Å².